The van der Waals surface area contributed by atoms with E-state index in [1.165, 1.54) is 32.4 Å². The van der Waals surface area contributed by atoms with Crippen LogP contribution in [0.1, 0.15) is 55.2 Å². The van der Waals surface area contributed by atoms with Gasteiger partial charge in [-0.25, -0.2) is 4.98 Å². The summed E-state index contributed by atoms with van der Waals surface area (Å²) in [6, 6.07) is 16.0. The van der Waals surface area contributed by atoms with Crippen molar-refractivity contribution in [2.24, 2.45) is 0 Å². The summed E-state index contributed by atoms with van der Waals surface area (Å²) in [6.07, 6.45) is 11.9. The summed E-state index contributed by atoms with van der Waals surface area (Å²) < 4.78 is 6.57. The van der Waals surface area contributed by atoms with E-state index in [0.717, 1.165) is 53.9 Å². The zero-order valence-electron chi connectivity index (χ0n) is 19.0. The molecule has 0 radical (unpaired) electrons. The zero-order chi connectivity index (χ0) is 22.2. The van der Waals surface area contributed by atoms with E-state index in [4.69, 9.17) is 16.1 Å². The molecule has 0 bridgehead atoms. The fourth-order valence-electron chi connectivity index (χ4n) is 4.35. The summed E-state index contributed by atoms with van der Waals surface area (Å²) in [7, 11) is 2.15. The molecular weight excluding hydrogens is 396 g/mol. The Morgan fingerprint density at radius 2 is 1.75 bits per heavy atom. The molecule has 0 spiro atoms. The highest BCUT2D eigenvalue weighted by Crippen LogP contribution is 2.31. The quantitative estimate of drug-likeness (QED) is 0.598. The molecule has 2 aliphatic rings. The first-order chi connectivity index (χ1) is 15.7. The Kier molecular flexibility index (Phi) is 7.95. The van der Waals surface area contributed by atoms with Crippen molar-refractivity contribution in [1.29, 1.82) is 0 Å². The highest BCUT2D eigenvalue weighted by molar-refractivity contribution is 5.75. The van der Waals surface area contributed by atoms with Crippen LogP contribution < -0.4 is 5.32 Å². The number of aromatic nitrogens is 2. The van der Waals surface area contributed by atoms with Crippen molar-refractivity contribution in [3.05, 3.63) is 65.5 Å². The van der Waals surface area contributed by atoms with Crippen molar-refractivity contribution < 1.29 is 4.74 Å². The van der Waals surface area contributed by atoms with Crippen LogP contribution in [0.5, 0.6) is 0 Å². The average Bonchev–Trinajstić information content (AvgIpc) is 3.29. The first-order valence-corrected chi connectivity index (χ1v) is 11.8. The number of nitrogens with one attached hydrogen (secondary N) is 2. The van der Waals surface area contributed by atoms with Crippen LogP contribution in [0.15, 0.2) is 48.5 Å². The molecule has 1 atom stereocenters. The smallest absolute Gasteiger partial charge is 0.142 e. The molecule has 2 N–H and O–H groups in total. The van der Waals surface area contributed by atoms with Crippen molar-refractivity contribution in [3.8, 4) is 12.3 Å². The lowest BCUT2D eigenvalue weighted by Gasteiger charge is -2.31. The number of piperidine rings is 2. The van der Waals surface area contributed by atoms with Crippen LogP contribution >= 0.6 is 0 Å². The molecule has 5 nitrogen and oxygen atoms in total. The number of nitrogens with zero attached hydrogens (tertiary/aromatic N) is 2. The molecule has 1 aromatic heterocycles. The summed E-state index contributed by atoms with van der Waals surface area (Å²) in [5.41, 5.74) is 3.80. The first kappa shape index (κ1) is 22.5. The van der Waals surface area contributed by atoms with Gasteiger partial charge in [-0.05, 0) is 64.0 Å². The SMILES string of the molecule is C#Cc1ccccc1C(OC1CCN(C)CC1)c1nc2ccccc2[nH]1.C1CCNCC1. The van der Waals surface area contributed by atoms with Gasteiger partial charge in [0.05, 0.1) is 17.1 Å². The molecule has 0 aliphatic carbocycles. The molecule has 2 saturated heterocycles. The molecule has 0 saturated carbocycles. The molecule has 3 aromatic rings. The first-order valence-electron chi connectivity index (χ1n) is 11.8. The molecule has 2 aliphatic heterocycles. The van der Waals surface area contributed by atoms with Crippen molar-refractivity contribution in [2.45, 2.75) is 44.3 Å². The van der Waals surface area contributed by atoms with Crippen LogP contribution in [0.25, 0.3) is 11.0 Å². The molecule has 2 aromatic carbocycles. The van der Waals surface area contributed by atoms with E-state index in [1.54, 1.807) is 0 Å². The van der Waals surface area contributed by atoms with Crippen LogP contribution in [-0.2, 0) is 4.74 Å². The normalized spacial score (nSPS) is 18.5. The number of H-pyrrole nitrogens is 1. The number of likely N-dealkylation sites (tertiary alicyclic amines) is 1. The second-order valence-corrected chi connectivity index (χ2v) is 8.70. The number of fused-ring (bicyclic) bond motifs is 1. The Hall–Kier alpha value is -2.65. The maximum Gasteiger partial charge on any atom is 0.142 e. The van der Waals surface area contributed by atoms with E-state index >= 15 is 0 Å². The van der Waals surface area contributed by atoms with Gasteiger partial charge in [-0.15, -0.1) is 6.42 Å². The second kappa shape index (κ2) is 11.3. The third kappa shape index (κ3) is 5.77. The minimum absolute atomic E-state index is 0.204. The van der Waals surface area contributed by atoms with Crippen LogP contribution in [0, 0.1) is 12.3 Å². The van der Waals surface area contributed by atoms with Crippen LogP contribution in [0.3, 0.4) is 0 Å². The predicted molar refractivity (Wildman–Crippen MR) is 131 cm³/mol. The lowest BCUT2D eigenvalue weighted by Crippen LogP contribution is -2.35. The van der Waals surface area contributed by atoms with E-state index in [9.17, 15) is 0 Å². The number of para-hydroxylation sites is 2. The van der Waals surface area contributed by atoms with Gasteiger partial charge in [0, 0.05) is 24.2 Å². The van der Waals surface area contributed by atoms with Gasteiger partial charge >= 0.3 is 0 Å². The number of imidazole rings is 1. The number of hydrogen-bond donors (Lipinski definition) is 2. The third-order valence-corrected chi connectivity index (χ3v) is 6.26. The van der Waals surface area contributed by atoms with Gasteiger partial charge in [0.15, 0.2) is 0 Å². The Balaban J connectivity index is 0.000000354. The molecule has 5 heteroatoms. The molecule has 1 unspecified atom stereocenters. The molecule has 5 rings (SSSR count). The second-order valence-electron chi connectivity index (χ2n) is 8.70. The van der Waals surface area contributed by atoms with Gasteiger partial charge in [-0.3, -0.25) is 0 Å². The summed E-state index contributed by atoms with van der Waals surface area (Å²) in [5, 5.41) is 3.28. The van der Waals surface area contributed by atoms with E-state index < -0.39 is 0 Å². The van der Waals surface area contributed by atoms with Gasteiger partial charge in [0.25, 0.3) is 0 Å². The van der Waals surface area contributed by atoms with Crippen molar-refractivity contribution >= 4 is 11.0 Å². The molecule has 32 heavy (non-hydrogen) atoms. The minimum Gasteiger partial charge on any atom is -0.362 e. The molecule has 0 amide bonds. The minimum atomic E-state index is -0.289. The fourth-order valence-corrected chi connectivity index (χ4v) is 4.35. The number of hydrogen-bond acceptors (Lipinski definition) is 4. The summed E-state index contributed by atoms with van der Waals surface area (Å²) in [4.78, 5) is 10.6. The van der Waals surface area contributed by atoms with Crippen LogP contribution in [0.2, 0.25) is 0 Å². The average molecular weight is 431 g/mol. The van der Waals surface area contributed by atoms with Gasteiger partial charge in [-0.1, -0.05) is 42.7 Å². The van der Waals surface area contributed by atoms with Crippen molar-refractivity contribution in [3.63, 3.8) is 0 Å². The van der Waals surface area contributed by atoms with Crippen molar-refractivity contribution in [2.75, 3.05) is 33.2 Å². The predicted octanol–water partition coefficient (Wildman–Crippen LogP) is 4.50. The Bertz CT molecular complexity index is 981. The number of benzene rings is 2. The Morgan fingerprint density at radius 1 is 1.03 bits per heavy atom. The topological polar surface area (TPSA) is 53.2 Å². The fraction of sp³-hybridized carbons (Fsp3) is 0.444. The Labute approximate surface area is 191 Å². The summed E-state index contributed by atoms with van der Waals surface area (Å²) in [5.74, 6) is 3.61. The monoisotopic (exact) mass is 430 g/mol. The molecule has 2 fully saturated rings. The van der Waals surface area contributed by atoms with Crippen molar-refractivity contribution in [1.82, 2.24) is 20.2 Å². The highest BCUT2D eigenvalue weighted by atomic mass is 16.5. The zero-order valence-corrected chi connectivity index (χ0v) is 19.0. The lowest BCUT2D eigenvalue weighted by molar-refractivity contribution is -0.0265. The van der Waals surface area contributed by atoms with Gasteiger partial charge in [0.2, 0.25) is 0 Å². The summed E-state index contributed by atoms with van der Waals surface area (Å²) in [6.45, 7) is 4.60. The standard InChI is InChI=1S/C22H23N3O.C5H11N/c1-3-16-8-4-5-9-18(16)21(26-17-12-14-25(2)15-13-17)22-23-19-10-6-7-11-20(19)24-22;1-2-4-6-5-3-1/h1,4-11,17,21H,12-15H2,2H3,(H,23,24);6H,1-5H2. The molecule has 3 heterocycles. The maximum atomic E-state index is 6.57. The van der Waals surface area contributed by atoms with Crippen LogP contribution in [-0.4, -0.2) is 54.2 Å². The van der Waals surface area contributed by atoms with Gasteiger partial charge < -0.3 is 19.9 Å². The molecule has 168 valence electrons. The number of ether oxygens (including phenoxy) is 1. The highest BCUT2D eigenvalue weighted by Gasteiger charge is 2.27. The van der Waals surface area contributed by atoms with E-state index in [-0.39, 0.29) is 12.2 Å². The van der Waals surface area contributed by atoms with Crippen LogP contribution in [0.4, 0.5) is 0 Å². The van der Waals surface area contributed by atoms with E-state index in [0.29, 0.717) is 0 Å². The van der Waals surface area contributed by atoms with Gasteiger partial charge in [-0.2, -0.15) is 0 Å². The van der Waals surface area contributed by atoms with E-state index in [2.05, 4.69) is 28.2 Å². The number of rotatable bonds is 4. The maximum absolute atomic E-state index is 6.57. The number of terminal acetylenes is 1. The van der Waals surface area contributed by atoms with E-state index in [1.807, 2.05) is 48.5 Å². The lowest BCUT2D eigenvalue weighted by atomic mass is 10.0. The third-order valence-electron chi connectivity index (χ3n) is 6.26. The summed E-state index contributed by atoms with van der Waals surface area (Å²) >= 11 is 0. The number of aromatic amines is 1. The largest absolute Gasteiger partial charge is 0.362 e. The molecular formula is C27H34N4O. The Morgan fingerprint density at radius 3 is 2.41 bits per heavy atom. The van der Waals surface area contributed by atoms with Gasteiger partial charge in [0.1, 0.15) is 11.9 Å².